The van der Waals surface area contributed by atoms with E-state index < -0.39 is 60.3 Å². The van der Waals surface area contributed by atoms with Crippen LogP contribution in [0.4, 0.5) is 4.79 Å². The SMILES string of the molecule is C#CCC(C)C(OC(=O)OCC(Cl)(Cl)Cl)C(C)C(=O)C(C)(C)[C@H](CC(=O)O)O[Si](CC)(CC)CC. The summed E-state index contributed by atoms with van der Waals surface area (Å²) in [5.41, 5.74) is -1.19. The van der Waals surface area contributed by atoms with E-state index in [0.29, 0.717) is 0 Å². The van der Waals surface area contributed by atoms with Crippen LogP contribution in [0.3, 0.4) is 0 Å². The monoisotopic (exact) mass is 572 g/mol. The van der Waals surface area contributed by atoms with E-state index in [0.717, 1.165) is 18.1 Å². The van der Waals surface area contributed by atoms with Crippen molar-refractivity contribution in [3.8, 4) is 12.3 Å². The minimum Gasteiger partial charge on any atom is -0.481 e. The van der Waals surface area contributed by atoms with E-state index in [9.17, 15) is 19.5 Å². The lowest BCUT2D eigenvalue weighted by molar-refractivity contribution is -0.146. The van der Waals surface area contributed by atoms with Crippen LogP contribution in [-0.4, -0.2) is 53.9 Å². The number of hydrogen-bond donors (Lipinski definition) is 1. The molecule has 0 heterocycles. The smallest absolute Gasteiger partial charge is 0.481 e. The predicted molar refractivity (Wildman–Crippen MR) is 141 cm³/mol. The Hall–Kier alpha value is -0.983. The van der Waals surface area contributed by atoms with Crippen molar-refractivity contribution in [2.24, 2.45) is 17.3 Å². The molecule has 0 bridgehead atoms. The maximum Gasteiger partial charge on any atom is 0.508 e. The highest BCUT2D eigenvalue weighted by atomic mass is 35.6. The molecular weight excluding hydrogens is 535 g/mol. The Balaban J connectivity index is 6.03. The number of ketones is 1. The summed E-state index contributed by atoms with van der Waals surface area (Å²) in [4.78, 5) is 37.8. The van der Waals surface area contributed by atoms with Gasteiger partial charge in [0.1, 0.15) is 18.5 Å². The Labute approximate surface area is 225 Å². The van der Waals surface area contributed by atoms with E-state index in [2.05, 4.69) is 5.92 Å². The Bertz CT molecular complexity index is 749. The predicted octanol–water partition coefficient (Wildman–Crippen LogP) is 6.63. The lowest BCUT2D eigenvalue weighted by Crippen LogP contribution is -2.51. The van der Waals surface area contributed by atoms with Crippen LogP contribution >= 0.6 is 34.8 Å². The van der Waals surface area contributed by atoms with Crippen molar-refractivity contribution in [1.82, 2.24) is 0 Å². The first kappa shape index (κ1) is 34.0. The first-order valence-electron chi connectivity index (χ1n) is 11.8. The summed E-state index contributed by atoms with van der Waals surface area (Å²) in [7, 11) is -2.24. The fourth-order valence-corrected chi connectivity index (χ4v) is 7.24. The molecule has 0 aromatic carbocycles. The highest BCUT2D eigenvalue weighted by molar-refractivity contribution is 6.73. The van der Waals surface area contributed by atoms with E-state index in [1.165, 1.54) is 0 Å². The summed E-state index contributed by atoms with van der Waals surface area (Å²) >= 11 is 16.9. The number of carbonyl (C=O) groups excluding carboxylic acids is 2. The third-order valence-corrected chi connectivity index (χ3v) is 11.6. The van der Waals surface area contributed by atoms with E-state index in [1.54, 1.807) is 27.7 Å². The van der Waals surface area contributed by atoms with Gasteiger partial charge in [-0.25, -0.2) is 4.79 Å². The van der Waals surface area contributed by atoms with Crippen LogP contribution in [0.5, 0.6) is 0 Å². The minimum atomic E-state index is -2.24. The number of ether oxygens (including phenoxy) is 2. The molecule has 0 saturated carbocycles. The summed E-state index contributed by atoms with van der Waals surface area (Å²) in [5, 5.41) is 9.58. The third-order valence-electron chi connectivity index (χ3n) is 6.62. The second-order valence-electron chi connectivity index (χ2n) is 9.44. The zero-order valence-corrected chi connectivity index (χ0v) is 24.9. The van der Waals surface area contributed by atoms with Crippen molar-refractivity contribution in [1.29, 1.82) is 0 Å². The number of hydrogen-bond acceptors (Lipinski definition) is 6. The topological polar surface area (TPSA) is 99.1 Å². The largest absolute Gasteiger partial charge is 0.508 e. The van der Waals surface area contributed by atoms with Crippen LogP contribution in [0.2, 0.25) is 18.1 Å². The van der Waals surface area contributed by atoms with Gasteiger partial charge in [0.2, 0.25) is 3.79 Å². The van der Waals surface area contributed by atoms with E-state index in [1.807, 2.05) is 20.8 Å². The summed E-state index contributed by atoms with van der Waals surface area (Å²) in [6.45, 7) is 12.3. The van der Waals surface area contributed by atoms with Crippen LogP contribution < -0.4 is 0 Å². The molecule has 4 atom stereocenters. The highest BCUT2D eigenvalue weighted by Crippen LogP contribution is 2.37. The zero-order valence-electron chi connectivity index (χ0n) is 21.7. The normalized spacial score (nSPS) is 15.9. The number of halogens is 3. The van der Waals surface area contributed by atoms with Crippen LogP contribution in [0, 0.1) is 29.6 Å². The molecule has 0 aromatic rings. The molecule has 7 nitrogen and oxygen atoms in total. The average Bonchev–Trinajstić information content (AvgIpc) is 2.77. The van der Waals surface area contributed by atoms with Gasteiger partial charge in [0.25, 0.3) is 0 Å². The number of carbonyl (C=O) groups is 3. The molecule has 0 aliphatic heterocycles. The quantitative estimate of drug-likeness (QED) is 0.101. The number of carboxylic acids is 1. The Morgan fingerprint density at radius 2 is 1.57 bits per heavy atom. The third kappa shape index (κ3) is 10.9. The molecule has 0 spiro atoms. The van der Waals surface area contributed by atoms with Crippen LogP contribution in [0.25, 0.3) is 0 Å². The van der Waals surface area contributed by atoms with Gasteiger partial charge in [-0.05, 0) is 18.1 Å². The average molecular weight is 574 g/mol. The van der Waals surface area contributed by atoms with Crippen molar-refractivity contribution in [3.05, 3.63) is 0 Å². The molecule has 202 valence electrons. The molecule has 11 heteroatoms. The van der Waals surface area contributed by atoms with Crippen LogP contribution in [-0.2, 0) is 23.5 Å². The maximum absolute atomic E-state index is 13.8. The molecule has 0 fully saturated rings. The molecule has 0 radical (unpaired) electrons. The van der Waals surface area contributed by atoms with Gasteiger partial charge in [0.05, 0.1) is 18.4 Å². The molecule has 35 heavy (non-hydrogen) atoms. The standard InChI is InChI=1S/C24H39Cl3O7Si/c1-9-13-16(5)20(33-22(31)32-15-24(25,26)27)17(6)21(30)23(7,8)18(14-19(28)29)34-35(10-2,11-3)12-4/h1,16-18,20H,10-15H2,2-8H3,(H,28,29)/t16?,17?,18-,20?/m0/s1. The van der Waals surface area contributed by atoms with Crippen molar-refractivity contribution < 1.29 is 33.4 Å². The maximum atomic E-state index is 13.8. The van der Waals surface area contributed by atoms with Gasteiger partial charge in [-0.3, -0.25) is 9.59 Å². The molecule has 0 rings (SSSR count). The molecular formula is C24H39Cl3O7Si. The summed E-state index contributed by atoms with van der Waals surface area (Å²) in [5.74, 6) is -0.0924. The highest BCUT2D eigenvalue weighted by Gasteiger charge is 2.47. The number of terminal acetylenes is 1. The molecule has 0 saturated heterocycles. The second kappa shape index (κ2) is 14.7. The Morgan fingerprint density at radius 3 is 1.97 bits per heavy atom. The molecule has 3 unspecified atom stereocenters. The fraction of sp³-hybridized carbons (Fsp3) is 0.792. The van der Waals surface area contributed by atoms with Gasteiger partial charge >= 0.3 is 12.1 Å². The van der Waals surface area contributed by atoms with Crippen molar-refractivity contribution in [3.63, 3.8) is 0 Å². The van der Waals surface area contributed by atoms with Gasteiger partial charge in [-0.1, -0.05) is 83.3 Å². The van der Waals surface area contributed by atoms with Crippen molar-refractivity contribution in [2.45, 2.75) is 95.4 Å². The van der Waals surface area contributed by atoms with Gasteiger partial charge < -0.3 is 19.0 Å². The summed E-state index contributed by atoms with van der Waals surface area (Å²) in [6.07, 6.45) is 2.47. The van der Waals surface area contributed by atoms with Gasteiger partial charge in [-0.2, -0.15) is 0 Å². The molecule has 0 aromatic heterocycles. The van der Waals surface area contributed by atoms with Gasteiger partial charge in [-0.15, -0.1) is 12.3 Å². The van der Waals surface area contributed by atoms with Crippen LogP contribution in [0.1, 0.15) is 61.3 Å². The Morgan fingerprint density at radius 1 is 1.06 bits per heavy atom. The number of aliphatic carboxylic acids is 1. The van der Waals surface area contributed by atoms with Crippen LogP contribution in [0.15, 0.2) is 0 Å². The van der Waals surface area contributed by atoms with E-state index >= 15 is 0 Å². The summed E-state index contributed by atoms with van der Waals surface area (Å²) in [6, 6.07) is 2.40. The minimum absolute atomic E-state index is 0.229. The lowest BCUT2D eigenvalue weighted by Gasteiger charge is -2.42. The van der Waals surface area contributed by atoms with Gasteiger partial charge in [0, 0.05) is 17.8 Å². The summed E-state index contributed by atoms with van der Waals surface area (Å²) < 4.78 is 15.0. The Kier molecular flexibility index (Phi) is 14.3. The van der Waals surface area contributed by atoms with Crippen molar-refractivity contribution >= 4 is 61.0 Å². The molecule has 1 N–H and O–H groups in total. The van der Waals surface area contributed by atoms with E-state index in [4.69, 9.17) is 55.1 Å². The van der Waals surface area contributed by atoms with Gasteiger partial charge in [0.15, 0.2) is 8.32 Å². The number of rotatable bonds is 15. The molecule has 0 amide bonds. The molecule has 0 aliphatic carbocycles. The number of carboxylic acid groups (broad SMARTS) is 1. The fourth-order valence-electron chi connectivity index (χ4n) is 4.10. The van der Waals surface area contributed by atoms with Crippen molar-refractivity contribution in [2.75, 3.05) is 6.61 Å². The first-order chi connectivity index (χ1) is 16.0. The lowest BCUT2D eigenvalue weighted by atomic mass is 9.73. The molecule has 0 aliphatic rings. The first-order valence-corrected chi connectivity index (χ1v) is 15.4. The van der Waals surface area contributed by atoms with E-state index in [-0.39, 0.29) is 18.6 Å². The number of Topliss-reactive ketones (excluding diaryl/α,β-unsaturated/α-hetero) is 1. The number of alkyl halides is 3. The second-order valence-corrected chi connectivity index (χ2v) is 16.7. The zero-order chi connectivity index (χ0) is 27.6.